The molecule has 2 aromatic heterocycles. The summed E-state index contributed by atoms with van der Waals surface area (Å²) >= 11 is 6.41. The van der Waals surface area contributed by atoms with Crippen molar-refractivity contribution >= 4 is 21.4 Å². The zero-order chi connectivity index (χ0) is 16.5. The Labute approximate surface area is 133 Å². The molecule has 0 aliphatic rings. The third kappa shape index (κ3) is 2.89. The van der Waals surface area contributed by atoms with Crippen LogP contribution in [0.5, 0.6) is 0 Å². The summed E-state index contributed by atoms with van der Waals surface area (Å²) in [5, 5.41) is 10.6. The van der Waals surface area contributed by atoms with Gasteiger partial charge in [-0.15, -0.1) is 11.6 Å². The molecule has 2 aromatic rings. The van der Waals surface area contributed by atoms with E-state index in [0.717, 1.165) is 0 Å². The minimum absolute atomic E-state index is 0.0479. The average molecular weight is 343 g/mol. The first-order valence-corrected chi connectivity index (χ1v) is 8.36. The van der Waals surface area contributed by atoms with Gasteiger partial charge < -0.3 is 5.21 Å². The Morgan fingerprint density at radius 2 is 1.91 bits per heavy atom. The Morgan fingerprint density at radius 1 is 1.32 bits per heavy atom. The second-order valence-electron chi connectivity index (χ2n) is 5.03. The van der Waals surface area contributed by atoms with E-state index in [0.29, 0.717) is 10.4 Å². The highest BCUT2D eigenvalue weighted by Crippen LogP contribution is 2.35. The quantitative estimate of drug-likeness (QED) is 0.357. The molecule has 0 radical (unpaired) electrons. The van der Waals surface area contributed by atoms with Gasteiger partial charge in [-0.05, 0) is 26.8 Å². The van der Waals surface area contributed by atoms with E-state index in [1.807, 2.05) is 0 Å². The van der Waals surface area contributed by atoms with E-state index in [9.17, 15) is 13.6 Å². The van der Waals surface area contributed by atoms with E-state index in [4.69, 9.17) is 11.6 Å². The molecule has 0 saturated carbocycles. The van der Waals surface area contributed by atoms with Crippen molar-refractivity contribution in [3.63, 3.8) is 0 Å². The third-order valence-electron chi connectivity index (χ3n) is 3.46. The van der Waals surface area contributed by atoms with Crippen LogP contribution in [0.4, 0.5) is 0 Å². The minimum atomic E-state index is -3.91. The lowest BCUT2D eigenvalue weighted by Crippen LogP contribution is -2.46. The fourth-order valence-electron chi connectivity index (χ4n) is 1.92. The molecule has 0 aliphatic heterocycles. The molecule has 0 bridgehead atoms. The second kappa shape index (κ2) is 5.77. The molecule has 22 heavy (non-hydrogen) atoms. The SMILES string of the molecule is Cc1c[n+]([O-])c(C(C)(Cl)[C@H](C)S(=O)(=O)c2ncccn2)cn1. The smallest absolute Gasteiger partial charge is 0.247 e. The van der Waals surface area contributed by atoms with Crippen LogP contribution in [-0.4, -0.2) is 28.6 Å². The molecule has 2 heterocycles. The monoisotopic (exact) mass is 342 g/mol. The zero-order valence-electron chi connectivity index (χ0n) is 12.3. The van der Waals surface area contributed by atoms with Crippen LogP contribution in [-0.2, 0) is 14.7 Å². The molecular formula is C13H15ClN4O3S. The molecule has 0 aromatic carbocycles. The van der Waals surface area contributed by atoms with E-state index in [-0.39, 0.29) is 10.9 Å². The fourth-order valence-corrected chi connectivity index (χ4v) is 3.84. The van der Waals surface area contributed by atoms with Crippen molar-refractivity contribution in [2.24, 2.45) is 0 Å². The number of hydrogen-bond donors (Lipinski definition) is 0. The average Bonchev–Trinajstić information content (AvgIpc) is 2.47. The largest absolute Gasteiger partial charge is 0.618 e. The molecule has 118 valence electrons. The standard InChI is InChI=1S/C13H15ClN4O3S/c1-9-8-18(19)11(7-17-9)13(3,14)10(2)22(20,21)12-15-5-4-6-16-12/h4-8,10H,1-3H3/t10-,13?/m0/s1. The first-order valence-electron chi connectivity index (χ1n) is 6.43. The van der Waals surface area contributed by atoms with Gasteiger partial charge in [-0.25, -0.2) is 23.4 Å². The molecule has 1 unspecified atom stereocenters. The normalized spacial score (nSPS) is 16.0. The van der Waals surface area contributed by atoms with Gasteiger partial charge in [-0.3, -0.25) is 0 Å². The number of rotatable bonds is 4. The van der Waals surface area contributed by atoms with E-state index < -0.39 is 20.0 Å². The molecule has 9 heteroatoms. The number of alkyl halides is 1. The van der Waals surface area contributed by atoms with Crippen LogP contribution in [0.25, 0.3) is 0 Å². The molecule has 2 atom stereocenters. The summed E-state index contributed by atoms with van der Waals surface area (Å²) in [5.41, 5.74) is 0.555. The highest BCUT2D eigenvalue weighted by Gasteiger charge is 2.46. The summed E-state index contributed by atoms with van der Waals surface area (Å²) in [6.07, 6.45) is 5.19. The topological polar surface area (TPSA) is 99.8 Å². The predicted molar refractivity (Wildman–Crippen MR) is 79.8 cm³/mol. The Kier molecular flexibility index (Phi) is 4.35. The van der Waals surface area contributed by atoms with E-state index in [1.54, 1.807) is 6.92 Å². The van der Waals surface area contributed by atoms with Crippen molar-refractivity contribution in [3.05, 3.63) is 47.4 Å². The van der Waals surface area contributed by atoms with E-state index in [2.05, 4.69) is 15.0 Å². The Morgan fingerprint density at radius 3 is 2.45 bits per heavy atom. The van der Waals surface area contributed by atoms with Crippen LogP contribution >= 0.6 is 11.6 Å². The van der Waals surface area contributed by atoms with Crippen molar-refractivity contribution in [1.82, 2.24) is 15.0 Å². The van der Waals surface area contributed by atoms with Crippen LogP contribution in [0.2, 0.25) is 0 Å². The lowest BCUT2D eigenvalue weighted by molar-refractivity contribution is -0.617. The third-order valence-corrected chi connectivity index (χ3v) is 6.23. The Hall–Kier alpha value is -1.80. The molecule has 0 spiro atoms. The zero-order valence-corrected chi connectivity index (χ0v) is 13.8. The van der Waals surface area contributed by atoms with Gasteiger partial charge in [-0.1, -0.05) is 0 Å². The molecule has 0 N–H and O–H groups in total. The van der Waals surface area contributed by atoms with Gasteiger partial charge in [0.1, 0.15) is 10.6 Å². The fraction of sp³-hybridized carbons (Fsp3) is 0.385. The number of sulfone groups is 1. The van der Waals surface area contributed by atoms with Crippen LogP contribution in [0, 0.1) is 12.1 Å². The van der Waals surface area contributed by atoms with Crippen LogP contribution in [0.15, 0.2) is 36.0 Å². The Balaban J connectivity index is 2.49. The van der Waals surface area contributed by atoms with Crippen molar-refractivity contribution in [2.45, 2.75) is 36.1 Å². The van der Waals surface area contributed by atoms with Gasteiger partial charge in [0.05, 0.1) is 11.4 Å². The van der Waals surface area contributed by atoms with Crippen LogP contribution in [0.3, 0.4) is 0 Å². The lowest BCUT2D eigenvalue weighted by atomic mass is 10.0. The molecule has 0 aliphatic carbocycles. The minimum Gasteiger partial charge on any atom is -0.618 e. The van der Waals surface area contributed by atoms with Crippen molar-refractivity contribution in [1.29, 1.82) is 0 Å². The predicted octanol–water partition coefficient (Wildman–Crippen LogP) is 1.13. The van der Waals surface area contributed by atoms with E-state index >= 15 is 0 Å². The molecule has 0 fully saturated rings. The number of aromatic nitrogens is 4. The summed E-state index contributed by atoms with van der Waals surface area (Å²) in [4.78, 5) is 10.0. The Bertz CT molecular complexity index is 781. The molecule has 7 nitrogen and oxygen atoms in total. The number of aryl methyl sites for hydroxylation is 1. The molecule has 0 saturated heterocycles. The maximum Gasteiger partial charge on any atom is 0.247 e. The van der Waals surface area contributed by atoms with Gasteiger partial charge in [0.15, 0.2) is 0 Å². The van der Waals surface area contributed by atoms with Crippen molar-refractivity contribution < 1.29 is 13.1 Å². The van der Waals surface area contributed by atoms with Gasteiger partial charge in [0.25, 0.3) is 0 Å². The van der Waals surface area contributed by atoms with Crippen molar-refractivity contribution in [2.75, 3.05) is 0 Å². The first-order chi connectivity index (χ1) is 10.2. The van der Waals surface area contributed by atoms with Crippen molar-refractivity contribution in [3.8, 4) is 0 Å². The highest BCUT2D eigenvalue weighted by molar-refractivity contribution is 7.92. The van der Waals surface area contributed by atoms with Gasteiger partial charge in [-0.2, -0.15) is 4.73 Å². The summed E-state index contributed by atoms with van der Waals surface area (Å²) in [7, 11) is -3.91. The lowest BCUT2D eigenvalue weighted by Gasteiger charge is -2.26. The molecule has 0 amide bonds. The van der Waals surface area contributed by atoms with E-state index in [1.165, 1.54) is 44.7 Å². The van der Waals surface area contributed by atoms with Gasteiger partial charge >= 0.3 is 0 Å². The van der Waals surface area contributed by atoms with Crippen LogP contribution in [0.1, 0.15) is 25.2 Å². The summed E-state index contributed by atoms with van der Waals surface area (Å²) in [6, 6.07) is 1.51. The number of nitrogens with zero attached hydrogens (tertiary/aromatic N) is 4. The first kappa shape index (κ1) is 16.6. The second-order valence-corrected chi connectivity index (χ2v) is 7.98. The number of halogens is 1. The molecular weight excluding hydrogens is 328 g/mol. The van der Waals surface area contributed by atoms with Gasteiger partial charge in [0, 0.05) is 12.4 Å². The summed E-state index contributed by atoms with van der Waals surface area (Å²) in [6.45, 7) is 4.53. The molecule has 2 rings (SSSR count). The highest BCUT2D eigenvalue weighted by atomic mass is 35.5. The number of hydrogen-bond acceptors (Lipinski definition) is 6. The van der Waals surface area contributed by atoms with Gasteiger partial charge in [0.2, 0.25) is 26.9 Å². The summed E-state index contributed by atoms with van der Waals surface area (Å²) in [5.74, 6) is 0. The maximum absolute atomic E-state index is 12.6. The van der Waals surface area contributed by atoms with Crippen LogP contribution < -0.4 is 4.73 Å². The summed E-state index contributed by atoms with van der Waals surface area (Å²) < 4.78 is 25.7. The maximum atomic E-state index is 12.6.